The second-order valence-corrected chi connectivity index (χ2v) is 5.11. The third-order valence-corrected chi connectivity index (χ3v) is 3.61. The molecule has 18 heavy (non-hydrogen) atoms. The second-order valence-electron chi connectivity index (χ2n) is 5.11. The van der Waals surface area contributed by atoms with Crippen LogP contribution in [0.15, 0.2) is 18.2 Å². The quantitative estimate of drug-likeness (QED) is 0.897. The Kier molecular flexibility index (Phi) is 4.30. The van der Waals surface area contributed by atoms with Crippen LogP contribution in [0.1, 0.15) is 31.2 Å². The van der Waals surface area contributed by atoms with Gasteiger partial charge in [0.2, 0.25) is 0 Å². The van der Waals surface area contributed by atoms with Gasteiger partial charge in [-0.15, -0.1) is 0 Å². The summed E-state index contributed by atoms with van der Waals surface area (Å²) in [5, 5.41) is 9.94. The molecule has 1 N–H and O–H groups in total. The number of benzene rings is 1. The van der Waals surface area contributed by atoms with Crippen LogP contribution in [0.2, 0.25) is 0 Å². The van der Waals surface area contributed by atoms with Crippen molar-refractivity contribution in [1.82, 2.24) is 4.90 Å². The Morgan fingerprint density at radius 2 is 1.78 bits per heavy atom. The van der Waals surface area contributed by atoms with E-state index in [4.69, 9.17) is 0 Å². The van der Waals surface area contributed by atoms with Gasteiger partial charge in [-0.25, -0.2) is 8.78 Å². The maximum atomic E-state index is 13.1. The highest BCUT2D eigenvalue weighted by Crippen LogP contribution is 2.23. The lowest BCUT2D eigenvalue weighted by Crippen LogP contribution is -2.42. The number of rotatable bonds is 3. The summed E-state index contributed by atoms with van der Waals surface area (Å²) in [5.74, 6) is -1.11. The van der Waals surface area contributed by atoms with Crippen LogP contribution in [-0.2, 0) is 6.54 Å². The smallest absolute Gasteiger partial charge is 0.126 e. The lowest BCUT2D eigenvalue weighted by atomic mass is 9.91. The van der Waals surface area contributed by atoms with Crippen molar-refractivity contribution in [3.05, 3.63) is 35.4 Å². The van der Waals surface area contributed by atoms with Crippen molar-refractivity contribution in [3.8, 4) is 0 Å². The number of halogens is 2. The van der Waals surface area contributed by atoms with Gasteiger partial charge < -0.3 is 5.11 Å². The van der Waals surface area contributed by atoms with Crippen LogP contribution < -0.4 is 0 Å². The fourth-order valence-corrected chi connectivity index (χ4v) is 2.71. The molecule has 0 spiro atoms. The first kappa shape index (κ1) is 13.4. The summed E-state index contributed by atoms with van der Waals surface area (Å²) >= 11 is 0. The van der Waals surface area contributed by atoms with Crippen molar-refractivity contribution in [2.45, 2.75) is 44.4 Å². The first-order chi connectivity index (χ1) is 8.56. The van der Waals surface area contributed by atoms with Crippen LogP contribution in [0.5, 0.6) is 0 Å². The van der Waals surface area contributed by atoms with Crippen molar-refractivity contribution in [1.29, 1.82) is 0 Å². The van der Waals surface area contributed by atoms with E-state index >= 15 is 0 Å². The van der Waals surface area contributed by atoms with Gasteiger partial charge in [-0.1, -0.05) is 12.8 Å². The van der Waals surface area contributed by atoms with Crippen molar-refractivity contribution in [2.75, 3.05) is 7.05 Å². The Morgan fingerprint density at radius 3 is 2.39 bits per heavy atom. The number of nitrogens with zero attached hydrogens (tertiary/aromatic N) is 1. The van der Waals surface area contributed by atoms with E-state index in [0.29, 0.717) is 12.1 Å². The van der Waals surface area contributed by atoms with Crippen LogP contribution in [0.3, 0.4) is 0 Å². The predicted octanol–water partition coefficient (Wildman–Crippen LogP) is 2.70. The minimum atomic E-state index is -0.553. The maximum Gasteiger partial charge on any atom is 0.126 e. The molecule has 0 bridgehead atoms. The average molecular weight is 255 g/mol. The average Bonchev–Trinajstić information content (AvgIpc) is 2.27. The molecule has 1 fully saturated rings. The number of hydrogen-bond acceptors (Lipinski definition) is 2. The van der Waals surface area contributed by atoms with E-state index in [1.54, 1.807) is 0 Å². The zero-order chi connectivity index (χ0) is 13.1. The van der Waals surface area contributed by atoms with Crippen LogP contribution in [-0.4, -0.2) is 29.2 Å². The molecule has 0 aliphatic heterocycles. The third kappa shape index (κ3) is 3.27. The lowest BCUT2D eigenvalue weighted by molar-refractivity contribution is 0.0288. The summed E-state index contributed by atoms with van der Waals surface area (Å²) in [5.41, 5.74) is 0.604. The van der Waals surface area contributed by atoms with Crippen molar-refractivity contribution in [2.24, 2.45) is 0 Å². The summed E-state index contributed by atoms with van der Waals surface area (Å²) in [6.07, 6.45) is 3.58. The molecule has 2 atom stereocenters. The van der Waals surface area contributed by atoms with Gasteiger partial charge in [0.15, 0.2) is 0 Å². The summed E-state index contributed by atoms with van der Waals surface area (Å²) < 4.78 is 26.2. The molecule has 1 aliphatic carbocycles. The van der Waals surface area contributed by atoms with Gasteiger partial charge in [-0.2, -0.15) is 0 Å². The van der Waals surface area contributed by atoms with E-state index in [9.17, 15) is 13.9 Å². The molecule has 0 radical (unpaired) electrons. The van der Waals surface area contributed by atoms with E-state index in [1.807, 2.05) is 11.9 Å². The molecule has 1 aromatic carbocycles. The standard InChI is InChI=1S/C14H19F2NO/c1-17(13-4-2-3-5-14(13)18)9-10-6-11(15)8-12(16)7-10/h6-8,13-14,18H,2-5,9H2,1H3. The number of likely N-dealkylation sites (N-methyl/N-ethyl adjacent to an activating group) is 1. The molecule has 0 amide bonds. The minimum absolute atomic E-state index is 0.0880. The molecular weight excluding hydrogens is 236 g/mol. The molecule has 1 aliphatic rings. The second kappa shape index (κ2) is 5.76. The molecule has 0 heterocycles. The van der Waals surface area contributed by atoms with Gasteiger partial charge in [0.1, 0.15) is 11.6 Å². The van der Waals surface area contributed by atoms with E-state index in [-0.39, 0.29) is 12.1 Å². The molecule has 2 rings (SSSR count). The minimum Gasteiger partial charge on any atom is -0.391 e. The summed E-state index contributed by atoms with van der Waals surface area (Å²) in [6, 6.07) is 3.65. The van der Waals surface area contributed by atoms with Gasteiger partial charge in [0, 0.05) is 18.7 Å². The molecule has 1 saturated carbocycles. The maximum absolute atomic E-state index is 13.1. The van der Waals surface area contributed by atoms with Gasteiger partial charge in [0.25, 0.3) is 0 Å². The first-order valence-corrected chi connectivity index (χ1v) is 6.39. The molecule has 0 saturated heterocycles. The van der Waals surface area contributed by atoms with Crippen molar-refractivity contribution < 1.29 is 13.9 Å². The van der Waals surface area contributed by atoms with E-state index in [2.05, 4.69) is 0 Å². The number of hydrogen-bond donors (Lipinski definition) is 1. The highest BCUT2D eigenvalue weighted by molar-refractivity contribution is 5.17. The van der Waals surface area contributed by atoms with Gasteiger partial charge in [-0.05, 0) is 37.6 Å². The van der Waals surface area contributed by atoms with Crippen LogP contribution in [0.25, 0.3) is 0 Å². The number of aliphatic hydroxyl groups is 1. The molecule has 100 valence electrons. The van der Waals surface area contributed by atoms with Gasteiger partial charge in [0.05, 0.1) is 6.10 Å². The summed E-state index contributed by atoms with van der Waals surface area (Å²) in [7, 11) is 1.89. The first-order valence-electron chi connectivity index (χ1n) is 6.39. The van der Waals surface area contributed by atoms with E-state index in [1.165, 1.54) is 12.1 Å². The van der Waals surface area contributed by atoms with E-state index < -0.39 is 11.6 Å². The number of aliphatic hydroxyl groups excluding tert-OH is 1. The lowest BCUT2D eigenvalue weighted by Gasteiger charge is -2.35. The van der Waals surface area contributed by atoms with Crippen LogP contribution in [0.4, 0.5) is 8.78 Å². The Bertz CT molecular complexity index is 391. The molecular formula is C14H19F2NO. The Hall–Kier alpha value is -1.00. The van der Waals surface area contributed by atoms with E-state index in [0.717, 1.165) is 31.7 Å². The fourth-order valence-electron chi connectivity index (χ4n) is 2.71. The molecule has 0 aromatic heterocycles. The molecule has 1 aromatic rings. The summed E-state index contributed by atoms with van der Waals surface area (Å²) in [6.45, 7) is 0.455. The summed E-state index contributed by atoms with van der Waals surface area (Å²) in [4.78, 5) is 1.98. The largest absolute Gasteiger partial charge is 0.391 e. The molecule has 2 unspecified atom stereocenters. The van der Waals surface area contributed by atoms with Crippen LogP contribution in [0, 0.1) is 11.6 Å². The zero-order valence-corrected chi connectivity index (χ0v) is 10.6. The third-order valence-electron chi connectivity index (χ3n) is 3.61. The molecule has 4 heteroatoms. The highest BCUT2D eigenvalue weighted by atomic mass is 19.1. The predicted molar refractivity (Wildman–Crippen MR) is 66.1 cm³/mol. The Balaban J connectivity index is 2.03. The van der Waals surface area contributed by atoms with Gasteiger partial charge in [-0.3, -0.25) is 4.90 Å². The Morgan fingerprint density at radius 1 is 1.17 bits per heavy atom. The topological polar surface area (TPSA) is 23.5 Å². The zero-order valence-electron chi connectivity index (χ0n) is 10.6. The highest BCUT2D eigenvalue weighted by Gasteiger charge is 2.26. The van der Waals surface area contributed by atoms with Crippen molar-refractivity contribution >= 4 is 0 Å². The normalized spacial score (nSPS) is 24.5. The molecule has 2 nitrogen and oxygen atoms in total. The van der Waals surface area contributed by atoms with Crippen molar-refractivity contribution in [3.63, 3.8) is 0 Å². The monoisotopic (exact) mass is 255 g/mol. The van der Waals surface area contributed by atoms with Gasteiger partial charge >= 0.3 is 0 Å². The Labute approximate surface area is 106 Å². The fraction of sp³-hybridized carbons (Fsp3) is 0.571. The van der Waals surface area contributed by atoms with Crippen LogP contribution >= 0.6 is 0 Å². The SMILES string of the molecule is CN(Cc1cc(F)cc(F)c1)C1CCCCC1O.